The Bertz CT molecular complexity index is 678. The van der Waals surface area contributed by atoms with Gasteiger partial charge in [0, 0.05) is 38.2 Å². The summed E-state index contributed by atoms with van der Waals surface area (Å²) in [7, 11) is 0. The average Bonchev–Trinajstić information content (AvgIpc) is 3.31. The summed E-state index contributed by atoms with van der Waals surface area (Å²) < 4.78 is 11.5. The molecule has 0 aliphatic carbocycles. The molecule has 0 amide bonds. The molecule has 4 rings (SSSR count). The predicted molar refractivity (Wildman–Crippen MR) is 99.9 cm³/mol. The van der Waals surface area contributed by atoms with Gasteiger partial charge in [-0.3, -0.25) is 9.80 Å². The molecule has 136 valence electrons. The van der Waals surface area contributed by atoms with Crippen molar-refractivity contribution in [1.82, 2.24) is 14.8 Å². The number of thiazole rings is 1. The van der Waals surface area contributed by atoms with Crippen molar-refractivity contribution in [2.45, 2.75) is 38.8 Å². The zero-order chi connectivity index (χ0) is 17.1. The van der Waals surface area contributed by atoms with Gasteiger partial charge in [0.25, 0.3) is 0 Å². The Morgan fingerprint density at radius 1 is 1.16 bits per heavy atom. The van der Waals surface area contributed by atoms with E-state index < -0.39 is 0 Å². The van der Waals surface area contributed by atoms with Crippen molar-refractivity contribution in [2.75, 3.05) is 39.3 Å². The molecule has 2 aliphatic rings. The summed E-state index contributed by atoms with van der Waals surface area (Å²) in [4.78, 5) is 9.88. The van der Waals surface area contributed by atoms with Gasteiger partial charge in [0.05, 0.1) is 11.8 Å². The molecule has 5 nitrogen and oxygen atoms in total. The molecular formula is C19H27N3O2S. The second-order valence-corrected chi connectivity index (χ2v) is 7.98. The number of hydrogen-bond donors (Lipinski definition) is 0. The second-order valence-electron chi connectivity index (χ2n) is 7.12. The molecule has 2 aromatic rings. The molecule has 0 radical (unpaired) electrons. The van der Waals surface area contributed by atoms with Crippen LogP contribution in [0, 0.1) is 6.92 Å². The number of nitrogens with zero attached hydrogens (tertiary/aromatic N) is 3. The molecule has 0 saturated carbocycles. The number of ether oxygens (including phenoxy) is 1. The van der Waals surface area contributed by atoms with Gasteiger partial charge in [0.1, 0.15) is 5.76 Å². The molecule has 0 N–H and O–H groups in total. The van der Waals surface area contributed by atoms with Crippen LogP contribution in [0.4, 0.5) is 0 Å². The third-order valence-corrected chi connectivity index (χ3v) is 5.96. The summed E-state index contributed by atoms with van der Waals surface area (Å²) in [5.74, 6) is 1.82. The highest BCUT2D eigenvalue weighted by atomic mass is 32.1. The molecule has 2 saturated heterocycles. The molecule has 2 aliphatic heterocycles. The smallest absolute Gasteiger partial charge is 0.162 e. The Morgan fingerprint density at radius 2 is 2.04 bits per heavy atom. The van der Waals surface area contributed by atoms with Crippen LogP contribution < -0.4 is 0 Å². The summed E-state index contributed by atoms with van der Waals surface area (Å²) in [6, 6.07) is 4.00. The Hall–Kier alpha value is -1.21. The van der Waals surface area contributed by atoms with Gasteiger partial charge in [-0.05, 0) is 51.4 Å². The Kier molecular flexibility index (Phi) is 5.51. The van der Waals surface area contributed by atoms with E-state index in [1.807, 2.05) is 19.1 Å². The molecular weight excluding hydrogens is 334 g/mol. The van der Waals surface area contributed by atoms with E-state index in [-0.39, 0.29) is 0 Å². The third kappa shape index (κ3) is 4.50. The monoisotopic (exact) mass is 361 g/mol. The first kappa shape index (κ1) is 17.2. The summed E-state index contributed by atoms with van der Waals surface area (Å²) >= 11 is 1.67. The van der Waals surface area contributed by atoms with E-state index in [0.717, 1.165) is 61.6 Å². The number of furan rings is 1. The highest BCUT2D eigenvalue weighted by molar-refractivity contribution is 7.13. The van der Waals surface area contributed by atoms with Crippen molar-refractivity contribution in [3.8, 4) is 10.8 Å². The van der Waals surface area contributed by atoms with E-state index in [9.17, 15) is 0 Å². The fourth-order valence-electron chi connectivity index (χ4n) is 3.71. The van der Waals surface area contributed by atoms with Crippen molar-refractivity contribution in [1.29, 1.82) is 0 Å². The van der Waals surface area contributed by atoms with E-state index in [1.54, 1.807) is 11.3 Å². The third-order valence-electron chi connectivity index (χ3n) is 5.06. The molecule has 6 heteroatoms. The standard InChI is InChI=1S/C19H27N3O2S/c1-15-5-6-18(24-15)19-20-16(14-25-19)12-21-7-3-8-22(10-9-21)13-17-4-2-11-23-17/h5-6,14,17H,2-4,7-13H2,1H3/t17-/m1/s1. The van der Waals surface area contributed by atoms with Crippen LogP contribution in [0.25, 0.3) is 10.8 Å². The number of hydrogen-bond acceptors (Lipinski definition) is 6. The Morgan fingerprint density at radius 3 is 2.84 bits per heavy atom. The minimum atomic E-state index is 0.462. The molecule has 0 bridgehead atoms. The van der Waals surface area contributed by atoms with Gasteiger partial charge in [-0.1, -0.05) is 0 Å². The molecule has 1 atom stereocenters. The summed E-state index contributed by atoms with van der Waals surface area (Å²) in [6.45, 7) is 9.53. The average molecular weight is 362 g/mol. The lowest BCUT2D eigenvalue weighted by Crippen LogP contribution is -2.35. The Balaban J connectivity index is 1.30. The summed E-state index contributed by atoms with van der Waals surface area (Å²) in [6.07, 6.45) is 4.14. The van der Waals surface area contributed by atoms with E-state index >= 15 is 0 Å². The van der Waals surface area contributed by atoms with Crippen LogP contribution in [-0.2, 0) is 11.3 Å². The molecule has 25 heavy (non-hydrogen) atoms. The summed E-state index contributed by atoms with van der Waals surface area (Å²) in [5, 5.41) is 3.15. The van der Waals surface area contributed by atoms with Crippen LogP contribution in [0.5, 0.6) is 0 Å². The highest BCUT2D eigenvalue weighted by Gasteiger charge is 2.22. The SMILES string of the molecule is Cc1ccc(-c2nc(CN3CCCN(C[C@H]4CCCO4)CC3)cs2)o1. The molecule has 2 fully saturated rings. The van der Waals surface area contributed by atoms with Gasteiger partial charge >= 0.3 is 0 Å². The molecule has 2 aromatic heterocycles. The molecule has 0 spiro atoms. The van der Waals surface area contributed by atoms with Gasteiger partial charge in [-0.15, -0.1) is 11.3 Å². The van der Waals surface area contributed by atoms with Crippen molar-refractivity contribution >= 4 is 11.3 Å². The van der Waals surface area contributed by atoms with Crippen LogP contribution in [0.3, 0.4) is 0 Å². The lowest BCUT2D eigenvalue weighted by Gasteiger charge is -2.23. The quantitative estimate of drug-likeness (QED) is 0.816. The van der Waals surface area contributed by atoms with Crippen LogP contribution in [0.15, 0.2) is 21.9 Å². The van der Waals surface area contributed by atoms with Gasteiger partial charge < -0.3 is 9.15 Å². The topological polar surface area (TPSA) is 41.7 Å². The van der Waals surface area contributed by atoms with Gasteiger partial charge in [0.2, 0.25) is 0 Å². The lowest BCUT2D eigenvalue weighted by molar-refractivity contribution is 0.0742. The first-order valence-electron chi connectivity index (χ1n) is 9.34. The zero-order valence-corrected chi connectivity index (χ0v) is 15.8. The first-order chi connectivity index (χ1) is 12.3. The predicted octanol–water partition coefficient (Wildman–Crippen LogP) is 3.40. The fourth-order valence-corrected chi connectivity index (χ4v) is 4.48. The number of aryl methyl sites for hydroxylation is 1. The second kappa shape index (κ2) is 7.99. The highest BCUT2D eigenvalue weighted by Crippen LogP contribution is 2.26. The summed E-state index contributed by atoms with van der Waals surface area (Å²) in [5.41, 5.74) is 1.15. The Labute approximate surface area is 153 Å². The fraction of sp³-hybridized carbons (Fsp3) is 0.632. The zero-order valence-electron chi connectivity index (χ0n) is 14.9. The maximum atomic E-state index is 5.79. The van der Waals surface area contributed by atoms with Crippen LogP contribution in [-0.4, -0.2) is 60.2 Å². The van der Waals surface area contributed by atoms with Crippen molar-refractivity contribution in [2.24, 2.45) is 0 Å². The lowest BCUT2D eigenvalue weighted by atomic mass is 10.2. The molecule has 0 unspecified atom stereocenters. The maximum Gasteiger partial charge on any atom is 0.162 e. The van der Waals surface area contributed by atoms with Crippen LogP contribution in [0.2, 0.25) is 0 Å². The largest absolute Gasteiger partial charge is 0.459 e. The van der Waals surface area contributed by atoms with E-state index in [0.29, 0.717) is 6.10 Å². The number of rotatable bonds is 5. The van der Waals surface area contributed by atoms with Crippen LogP contribution in [0.1, 0.15) is 30.7 Å². The minimum absolute atomic E-state index is 0.462. The number of aromatic nitrogens is 1. The van der Waals surface area contributed by atoms with Gasteiger partial charge in [0.15, 0.2) is 10.8 Å². The van der Waals surface area contributed by atoms with Crippen molar-refractivity contribution in [3.05, 3.63) is 29.0 Å². The van der Waals surface area contributed by atoms with E-state index in [1.165, 1.54) is 25.8 Å². The first-order valence-corrected chi connectivity index (χ1v) is 10.2. The van der Waals surface area contributed by atoms with Crippen LogP contribution >= 0.6 is 11.3 Å². The minimum Gasteiger partial charge on any atom is -0.459 e. The molecule has 0 aromatic carbocycles. The van der Waals surface area contributed by atoms with Gasteiger partial charge in [-0.2, -0.15) is 0 Å². The normalized spacial score (nSPS) is 23.2. The van der Waals surface area contributed by atoms with Gasteiger partial charge in [-0.25, -0.2) is 4.98 Å². The van der Waals surface area contributed by atoms with Crippen molar-refractivity contribution < 1.29 is 9.15 Å². The van der Waals surface area contributed by atoms with Crippen molar-refractivity contribution in [3.63, 3.8) is 0 Å². The maximum absolute atomic E-state index is 5.79. The molecule has 4 heterocycles. The van der Waals surface area contributed by atoms with E-state index in [4.69, 9.17) is 14.1 Å². The van der Waals surface area contributed by atoms with E-state index in [2.05, 4.69) is 15.2 Å².